The molecule has 1 saturated carbocycles. The predicted molar refractivity (Wildman–Crippen MR) is 177 cm³/mol. The Labute approximate surface area is 284 Å². The van der Waals surface area contributed by atoms with Crippen LogP contribution in [0.15, 0.2) is 54.6 Å². The number of halogens is 5. The summed E-state index contributed by atoms with van der Waals surface area (Å²) in [4.78, 5) is 29.6. The standard InChI is InChI=1S/C38H44F5N3O3/c1-4-7-29(8-5-2)46-14-11-30-31(15-23(3)16-32(30)36(46)49)35(48)45-33(19-24-17-27(39)21-28(40)18-24)34(47)22-44-37(12-13-37)25-9-6-10-26(20-25)38(41,42)43/h6,9-10,15-18,20-21,29,33-34,44,47H,4-5,7-8,11-14,19,22H2,1-3H3,(H,45,48)/t33-,34-/m0/s1. The molecule has 0 spiro atoms. The van der Waals surface area contributed by atoms with Gasteiger partial charge in [-0.05, 0) is 104 Å². The Bertz CT molecular complexity index is 1650. The Morgan fingerprint density at radius 3 is 2.29 bits per heavy atom. The number of benzene rings is 3. The monoisotopic (exact) mass is 685 g/mol. The van der Waals surface area contributed by atoms with Gasteiger partial charge in [0.15, 0.2) is 0 Å². The molecular weight excluding hydrogens is 641 g/mol. The lowest BCUT2D eigenvalue weighted by atomic mass is 9.89. The predicted octanol–water partition coefficient (Wildman–Crippen LogP) is 7.24. The number of carbonyl (C=O) groups excluding carboxylic acids is 2. The molecule has 1 aliphatic heterocycles. The van der Waals surface area contributed by atoms with Gasteiger partial charge < -0.3 is 20.6 Å². The summed E-state index contributed by atoms with van der Waals surface area (Å²) < 4.78 is 68.6. The van der Waals surface area contributed by atoms with Crippen molar-refractivity contribution < 1.29 is 36.6 Å². The molecule has 2 atom stereocenters. The van der Waals surface area contributed by atoms with Gasteiger partial charge in [-0.25, -0.2) is 8.78 Å². The summed E-state index contributed by atoms with van der Waals surface area (Å²) in [7, 11) is 0. The van der Waals surface area contributed by atoms with Crippen molar-refractivity contribution >= 4 is 11.8 Å². The molecule has 6 nitrogen and oxygen atoms in total. The van der Waals surface area contributed by atoms with Gasteiger partial charge in [0, 0.05) is 41.9 Å². The fourth-order valence-electron chi connectivity index (χ4n) is 7.08. The summed E-state index contributed by atoms with van der Waals surface area (Å²) in [5.74, 6) is -2.28. The normalized spacial score (nSPS) is 16.8. The van der Waals surface area contributed by atoms with Crippen molar-refractivity contribution in [1.82, 2.24) is 15.5 Å². The maximum absolute atomic E-state index is 14.2. The molecule has 3 N–H and O–H groups in total. The van der Waals surface area contributed by atoms with Gasteiger partial charge in [-0.3, -0.25) is 9.59 Å². The maximum Gasteiger partial charge on any atom is 0.416 e. The van der Waals surface area contributed by atoms with Gasteiger partial charge in [-0.2, -0.15) is 13.2 Å². The topological polar surface area (TPSA) is 81.7 Å². The number of aryl methyl sites for hydroxylation is 1. The average Bonchev–Trinajstić information content (AvgIpc) is 3.84. The fourth-order valence-corrected chi connectivity index (χ4v) is 7.08. The highest BCUT2D eigenvalue weighted by Gasteiger charge is 2.45. The second kappa shape index (κ2) is 15.0. The van der Waals surface area contributed by atoms with Crippen LogP contribution in [-0.4, -0.2) is 53.1 Å². The van der Waals surface area contributed by atoms with E-state index in [0.29, 0.717) is 53.6 Å². The van der Waals surface area contributed by atoms with Crippen LogP contribution in [0, 0.1) is 18.6 Å². The molecule has 11 heteroatoms. The number of nitrogens with zero attached hydrogens (tertiary/aromatic N) is 1. The molecule has 0 saturated heterocycles. The Morgan fingerprint density at radius 1 is 1.00 bits per heavy atom. The second-order valence-corrected chi connectivity index (χ2v) is 13.5. The van der Waals surface area contributed by atoms with E-state index in [-0.39, 0.29) is 30.5 Å². The van der Waals surface area contributed by atoms with E-state index in [4.69, 9.17) is 0 Å². The number of amides is 2. The molecule has 49 heavy (non-hydrogen) atoms. The summed E-state index contributed by atoms with van der Waals surface area (Å²) in [6, 6.07) is 10.6. The number of nitrogens with one attached hydrogen (secondary N) is 2. The first kappa shape index (κ1) is 36.5. The molecule has 1 aliphatic carbocycles. The van der Waals surface area contributed by atoms with Gasteiger partial charge >= 0.3 is 6.18 Å². The number of aliphatic hydroxyl groups excluding tert-OH is 1. The molecule has 0 aromatic heterocycles. The van der Waals surface area contributed by atoms with Crippen LogP contribution in [0.2, 0.25) is 0 Å². The largest absolute Gasteiger partial charge is 0.416 e. The van der Waals surface area contributed by atoms with Crippen LogP contribution in [0.1, 0.15) is 101 Å². The molecule has 2 aliphatic rings. The highest BCUT2D eigenvalue weighted by atomic mass is 19.4. The molecular formula is C38H44F5N3O3. The van der Waals surface area contributed by atoms with Crippen molar-refractivity contribution in [3.8, 4) is 0 Å². The Morgan fingerprint density at radius 2 is 1.67 bits per heavy atom. The van der Waals surface area contributed by atoms with E-state index in [1.807, 2.05) is 4.90 Å². The van der Waals surface area contributed by atoms with E-state index in [1.54, 1.807) is 25.1 Å². The first-order valence-electron chi connectivity index (χ1n) is 17.1. The van der Waals surface area contributed by atoms with Gasteiger partial charge in [0.2, 0.25) is 0 Å². The lowest BCUT2D eigenvalue weighted by Gasteiger charge is -2.36. The van der Waals surface area contributed by atoms with Crippen molar-refractivity contribution in [2.24, 2.45) is 0 Å². The third-order valence-corrected chi connectivity index (χ3v) is 9.72. The van der Waals surface area contributed by atoms with Crippen LogP contribution in [0.4, 0.5) is 22.0 Å². The van der Waals surface area contributed by atoms with E-state index < -0.39 is 47.0 Å². The molecule has 1 heterocycles. The average molecular weight is 686 g/mol. The summed E-state index contributed by atoms with van der Waals surface area (Å²) in [6.07, 6.45) is -0.709. The SMILES string of the molecule is CCCC(CCC)N1CCc2c(C(=O)N[C@@H](Cc3cc(F)cc(F)c3)[C@@H](O)CNC3(c4cccc(C(F)(F)F)c4)CC3)cc(C)cc2C1=O. The highest BCUT2D eigenvalue weighted by molar-refractivity contribution is 6.03. The third kappa shape index (κ3) is 8.49. The number of aliphatic hydroxyl groups is 1. The maximum atomic E-state index is 14.2. The quantitative estimate of drug-likeness (QED) is 0.156. The smallest absolute Gasteiger partial charge is 0.390 e. The zero-order chi connectivity index (χ0) is 35.5. The summed E-state index contributed by atoms with van der Waals surface area (Å²) in [6.45, 7) is 6.33. The van der Waals surface area contributed by atoms with E-state index in [2.05, 4.69) is 24.5 Å². The van der Waals surface area contributed by atoms with Gasteiger partial charge in [0.05, 0.1) is 17.7 Å². The van der Waals surface area contributed by atoms with E-state index in [0.717, 1.165) is 56.0 Å². The zero-order valence-electron chi connectivity index (χ0n) is 28.1. The summed E-state index contributed by atoms with van der Waals surface area (Å²) in [5, 5.41) is 17.5. The number of carbonyl (C=O) groups is 2. The molecule has 0 radical (unpaired) electrons. The van der Waals surface area contributed by atoms with Crippen molar-refractivity contribution in [2.75, 3.05) is 13.1 Å². The third-order valence-electron chi connectivity index (χ3n) is 9.72. The number of alkyl halides is 3. The minimum Gasteiger partial charge on any atom is -0.390 e. The van der Waals surface area contributed by atoms with Crippen LogP contribution in [-0.2, 0) is 24.6 Å². The Kier molecular flexibility index (Phi) is 11.1. The number of hydrogen-bond acceptors (Lipinski definition) is 4. The minimum atomic E-state index is -4.51. The van der Waals surface area contributed by atoms with Gasteiger partial charge in [-0.15, -0.1) is 0 Å². The lowest BCUT2D eigenvalue weighted by molar-refractivity contribution is -0.137. The molecule has 1 fully saturated rings. The van der Waals surface area contributed by atoms with Crippen molar-refractivity contribution in [2.45, 2.75) is 102 Å². The molecule has 3 aromatic rings. The Hall–Kier alpha value is -3.83. The van der Waals surface area contributed by atoms with Crippen molar-refractivity contribution in [3.05, 3.63) is 105 Å². The number of fused-ring (bicyclic) bond motifs is 1. The van der Waals surface area contributed by atoms with Crippen molar-refractivity contribution in [3.63, 3.8) is 0 Å². The zero-order valence-corrected chi connectivity index (χ0v) is 28.1. The van der Waals surface area contributed by atoms with Crippen LogP contribution < -0.4 is 10.6 Å². The first-order chi connectivity index (χ1) is 23.2. The van der Waals surface area contributed by atoms with Crippen LogP contribution in [0.3, 0.4) is 0 Å². The van der Waals surface area contributed by atoms with E-state index >= 15 is 0 Å². The molecule has 264 valence electrons. The van der Waals surface area contributed by atoms with E-state index in [1.165, 1.54) is 6.07 Å². The molecule has 0 unspecified atom stereocenters. The molecule has 2 amide bonds. The minimum absolute atomic E-state index is 0.109. The fraction of sp³-hybridized carbons (Fsp3) is 0.474. The van der Waals surface area contributed by atoms with Gasteiger partial charge in [-0.1, -0.05) is 38.8 Å². The number of hydrogen-bond donors (Lipinski definition) is 3. The number of rotatable bonds is 14. The second-order valence-electron chi connectivity index (χ2n) is 13.5. The molecule has 0 bridgehead atoms. The highest BCUT2D eigenvalue weighted by Crippen LogP contribution is 2.46. The summed E-state index contributed by atoms with van der Waals surface area (Å²) >= 11 is 0. The Balaban J connectivity index is 1.39. The van der Waals surface area contributed by atoms with Gasteiger partial charge in [0.1, 0.15) is 11.6 Å². The summed E-state index contributed by atoms with van der Waals surface area (Å²) in [5.41, 5.74) is 1.18. The lowest BCUT2D eigenvalue weighted by Crippen LogP contribution is -2.50. The van der Waals surface area contributed by atoms with Gasteiger partial charge in [0.25, 0.3) is 11.8 Å². The van der Waals surface area contributed by atoms with Crippen LogP contribution >= 0.6 is 0 Å². The molecule has 3 aromatic carbocycles. The van der Waals surface area contributed by atoms with E-state index in [9.17, 15) is 36.6 Å². The van der Waals surface area contributed by atoms with Crippen molar-refractivity contribution in [1.29, 1.82) is 0 Å². The first-order valence-corrected chi connectivity index (χ1v) is 17.1. The molecule has 5 rings (SSSR count). The van der Waals surface area contributed by atoms with Crippen LogP contribution in [0.25, 0.3) is 0 Å². The van der Waals surface area contributed by atoms with Crippen LogP contribution in [0.5, 0.6) is 0 Å².